The van der Waals surface area contributed by atoms with E-state index >= 15 is 0 Å². The molecule has 218 valence electrons. The minimum Gasteiger partial charge on any atom is -0.508 e. The number of carbonyl (C=O) groups is 1. The number of aromatic amines is 1. The lowest BCUT2D eigenvalue weighted by Gasteiger charge is -2.57. The first-order chi connectivity index (χ1) is 20.5. The molecule has 4 bridgehead atoms. The maximum atomic E-state index is 14.0. The van der Waals surface area contributed by atoms with E-state index in [1.165, 1.54) is 34.1 Å². The molecule has 4 aromatic rings. The molecule has 1 unspecified atom stereocenters. The molecule has 10 rings (SSSR count). The number of hydrogen-bond donors (Lipinski definition) is 3. The van der Waals surface area contributed by atoms with Gasteiger partial charge in [0.2, 0.25) is 0 Å². The Morgan fingerprint density at radius 3 is 2.86 bits per heavy atom. The summed E-state index contributed by atoms with van der Waals surface area (Å²) in [7, 11) is 1.55. The molecular formula is C35H40N4O3. The summed E-state index contributed by atoms with van der Waals surface area (Å²) in [5.41, 5.74) is 7.71. The molecule has 42 heavy (non-hydrogen) atoms. The third-order valence-corrected chi connectivity index (χ3v) is 11.8. The number of carbonyl (C=O) groups excluding carboxylic acids is 1. The number of phenols is 1. The second-order valence-corrected chi connectivity index (χ2v) is 13.7. The van der Waals surface area contributed by atoms with Gasteiger partial charge in [0.1, 0.15) is 11.2 Å². The van der Waals surface area contributed by atoms with E-state index in [9.17, 15) is 9.90 Å². The van der Waals surface area contributed by atoms with Gasteiger partial charge >= 0.3 is 5.97 Å². The molecule has 6 aliphatic rings. The van der Waals surface area contributed by atoms with Crippen LogP contribution in [0.2, 0.25) is 0 Å². The van der Waals surface area contributed by atoms with E-state index in [4.69, 9.17) is 4.74 Å². The monoisotopic (exact) mass is 564 g/mol. The Morgan fingerprint density at radius 1 is 1.12 bits per heavy atom. The van der Waals surface area contributed by atoms with Crippen LogP contribution in [-0.2, 0) is 34.3 Å². The number of H-pyrrole nitrogens is 1. The van der Waals surface area contributed by atoms with E-state index in [2.05, 4.69) is 57.0 Å². The number of aryl methyl sites for hydroxylation is 1. The number of fused-ring (bicyclic) bond motifs is 7. The number of nitrogens with zero attached hydrogens (tertiary/aromatic N) is 2. The first-order valence-corrected chi connectivity index (χ1v) is 16.1. The number of para-hydroxylation sites is 1. The van der Waals surface area contributed by atoms with Gasteiger partial charge in [-0.05, 0) is 79.7 Å². The molecule has 2 aromatic heterocycles. The van der Waals surface area contributed by atoms with Crippen LogP contribution in [0.3, 0.4) is 0 Å². The maximum absolute atomic E-state index is 14.0. The molecule has 2 aromatic carbocycles. The van der Waals surface area contributed by atoms with Crippen molar-refractivity contribution in [3.63, 3.8) is 0 Å². The Balaban J connectivity index is 1.24. The van der Waals surface area contributed by atoms with Crippen molar-refractivity contribution in [2.24, 2.45) is 11.8 Å². The van der Waals surface area contributed by atoms with E-state index in [0.29, 0.717) is 17.6 Å². The zero-order valence-electron chi connectivity index (χ0n) is 24.6. The Labute approximate surface area is 246 Å². The lowest BCUT2D eigenvalue weighted by atomic mass is 9.56. The summed E-state index contributed by atoms with van der Waals surface area (Å²) in [5, 5.41) is 18.0. The summed E-state index contributed by atoms with van der Waals surface area (Å²) < 4.78 is 8.18. The van der Waals surface area contributed by atoms with Gasteiger partial charge in [0.15, 0.2) is 0 Å². The highest BCUT2D eigenvalue weighted by Crippen LogP contribution is 2.56. The van der Waals surface area contributed by atoms with Crippen molar-refractivity contribution in [1.82, 2.24) is 19.8 Å². The SMILES string of the molecule is CC[C@H]1C[C@H]2CN3CCc4c([nH]c5c([C@H]6Cc7c8n(c9ccccc79)CCC[C@H]8N6)c(O)ccc45)[C@@](C(=O)OC)(C2)[C@H]13. The molecule has 7 nitrogen and oxygen atoms in total. The van der Waals surface area contributed by atoms with E-state index in [0.717, 1.165) is 80.3 Å². The largest absolute Gasteiger partial charge is 0.508 e. The molecule has 5 aliphatic heterocycles. The number of piperidine rings is 2. The topological polar surface area (TPSA) is 82.5 Å². The normalized spacial score (nSPS) is 32.9. The summed E-state index contributed by atoms with van der Waals surface area (Å²) in [6.45, 7) is 5.38. The minimum atomic E-state index is -0.696. The predicted molar refractivity (Wildman–Crippen MR) is 163 cm³/mol. The molecule has 3 fully saturated rings. The van der Waals surface area contributed by atoms with Crippen LogP contribution in [-0.4, -0.2) is 51.8 Å². The number of benzene rings is 2. The molecular weight excluding hydrogens is 524 g/mol. The smallest absolute Gasteiger partial charge is 0.319 e. The van der Waals surface area contributed by atoms with Gasteiger partial charge in [-0.25, -0.2) is 0 Å². The van der Waals surface area contributed by atoms with Gasteiger partial charge < -0.3 is 24.7 Å². The summed E-state index contributed by atoms with van der Waals surface area (Å²) in [4.78, 5) is 20.5. The minimum absolute atomic E-state index is 0.0254. The van der Waals surface area contributed by atoms with Crippen LogP contribution in [0.5, 0.6) is 5.75 Å². The van der Waals surface area contributed by atoms with E-state index < -0.39 is 5.41 Å². The Morgan fingerprint density at radius 2 is 2.00 bits per heavy atom. The van der Waals surface area contributed by atoms with Crippen LogP contribution in [0.15, 0.2) is 36.4 Å². The Kier molecular flexibility index (Phi) is 5.33. The van der Waals surface area contributed by atoms with E-state index in [1.54, 1.807) is 7.11 Å². The first-order valence-electron chi connectivity index (χ1n) is 16.1. The Hall–Kier alpha value is -3.29. The number of phenolic OH excluding ortho intramolecular Hbond substituents is 1. The highest BCUT2D eigenvalue weighted by atomic mass is 16.5. The maximum Gasteiger partial charge on any atom is 0.319 e. The zero-order valence-corrected chi connectivity index (χ0v) is 24.6. The second-order valence-electron chi connectivity index (χ2n) is 13.7. The first kappa shape index (κ1) is 25.2. The molecule has 7 heterocycles. The molecule has 3 N–H and O–H groups in total. The summed E-state index contributed by atoms with van der Waals surface area (Å²) in [5.74, 6) is 1.19. The highest BCUT2D eigenvalue weighted by molar-refractivity contribution is 5.94. The van der Waals surface area contributed by atoms with Crippen LogP contribution >= 0.6 is 0 Å². The molecule has 2 saturated heterocycles. The van der Waals surface area contributed by atoms with Crippen molar-refractivity contribution in [2.75, 3.05) is 20.2 Å². The molecule has 0 amide bonds. The van der Waals surface area contributed by atoms with E-state index in [1.807, 2.05) is 6.07 Å². The lowest BCUT2D eigenvalue weighted by molar-refractivity contribution is -0.162. The fourth-order valence-corrected chi connectivity index (χ4v) is 10.4. The van der Waals surface area contributed by atoms with Gasteiger partial charge in [-0.2, -0.15) is 0 Å². The number of rotatable bonds is 3. The molecule has 1 aliphatic carbocycles. The van der Waals surface area contributed by atoms with E-state index in [-0.39, 0.29) is 24.1 Å². The second kappa shape index (κ2) is 8.87. The summed E-state index contributed by atoms with van der Waals surface area (Å²) >= 11 is 0. The zero-order chi connectivity index (χ0) is 28.3. The van der Waals surface area contributed by atoms with Crippen LogP contribution in [0, 0.1) is 11.8 Å². The van der Waals surface area contributed by atoms with Gasteiger partial charge in [0.25, 0.3) is 0 Å². The average molecular weight is 565 g/mol. The van der Waals surface area contributed by atoms with Crippen molar-refractivity contribution < 1.29 is 14.6 Å². The Bertz CT molecular complexity index is 1770. The van der Waals surface area contributed by atoms with Gasteiger partial charge in [0.05, 0.1) is 12.6 Å². The third-order valence-electron chi connectivity index (χ3n) is 11.8. The lowest BCUT2D eigenvalue weighted by Crippen LogP contribution is -2.67. The van der Waals surface area contributed by atoms with Gasteiger partial charge in [-0.1, -0.05) is 31.5 Å². The number of hydrogen-bond acceptors (Lipinski definition) is 5. The van der Waals surface area contributed by atoms with Crippen LogP contribution < -0.4 is 5.32 Å². The number of aromatic nitrogens is 2. The number of aromatic hydroxyl groups is 1. The molecule has 7 atom stereocenters. The van der Waals surface area contributed by atoms with Gasteiger partial charge in [0, 0.05) is 71.0 Å². The van der Waals surface area contributed by atoms with Crippen molar-refractivity contribution in [1.29, 1.82) is 0 Å². The number of nitrogens with one attached hydrogen (secondary N) is 2. The highest BCUT2D eigenvalue weighted by Gasteiger charge is 2.62. The van der Waals surface area contributed by atoms with Crippen molar-refractivity contribution in [3.05, 3.63) is 64.5 Å². The molecule has 7 heteroatoms. The number of esters is 1. The van der Waals surface area contributed by atoms with Crippen LogP contribution in [0.1, 0.15) is 79.2 Å². The quantitative estimate of drug-likeness (QED) is 0.281. The fraction of sp³-hybridized carbons (Fsp3) is 0.514. The van der Waals surface area contributed by atoms with Crippen LogP contribution in [0.4, 0.5) is 0 Å². The molecule has 1 saturated carbocycles. The summed E-state index contributed by atoms with van der Waals surface area (Å²) in [6, 6.07) is 13.2. The van der Waals surface area contributed by atoms with Crippen LogP contribution in [0.25, 0.3) is 21.8 Å². The standard InChI is InChI=1S/C35H40N4O3/c1-3-20-15-19-17-35(34(41)42-2)32-23(12-14-38(18-19)33(20)35)22-10-11-28(40)29(30(22)37-32)26-16-24-21-7-4-5-9-27(21)39-13-6-8-25(36-26)31(24)39/h4-5,7,9-11,19-20,25-26,33,36-37,40H,3,6,8,12-18H2,1-2H3/t19-,20+,25-,26-,33+,35+/m1/s1. The van der Waals surface area contributed by atoms with Crippen molar-refractivity contribution in [3.8, 4) is 5.75 Å². The third kappa shape index (κ3) is 3.11. The van der Waals surface area contributed by atoms with Gasteiger partial charge in [-0.15, -0.1) is 0 Å². The molecule has 0 spiro atoms. The fourth-order valence-electron chi connectivity index (χ4n) is 10.4. The molecule has 0 radical (unpaired) electrons. The summed E-state index contributed by atoms with van der Waals surface area (Å²) in [6.07, 6.45) is 7.07. The number of methoxy groups -OCH3 is 1. The van der Waals surface area contributed by atoms with Crippen molar-refractivity contribution in [2.45, 2.75) is 82.0 Å². The average Bonchev–Trinajstić information content (AvgIpc) is 3.53. The predicted octanol–water partition coefficient (Wildman–Crippen LogP) is 5.64. The van der Waals surface area contributed by atoms with Gasteiger partial charge in [-0.3, -0.25) is 9.69 Å². The van der Waals surface area contributed by atoms with Crippen molar-refractivity contribution >= 4 is 27.8 Å². The number of ether oxygens (including phenoxy) is 1.